The van der Waals surface area contributed by atoms with Crippen LogP contribution >= 0.6 is 0 Å². The van der Waals surface area contributed by atoms with Crippen LogP contribution in [0.15, 0.2) is 24.3 Å². The molecule has 0 radical (unpaired) electrons. The van der Waals surface area contributed by atoms with Crippen molar-refractivity contribution in [1.29, 1.82) is 0 Å². The lowest BCUT2D eigenvalue weighted by Gasteiger charge is -2.41. The minimum atomic E-state index is -0.483. The molecule has 5 heteroatoms. The number of likely N-dealkylation sites (tertiary alicyclic amines) is 1. The maximum absolute atomic E-state index is 13.7. The Labute approximate surface area is 118 Å². The van der Waals surface area contributed by atoms with E-state index in [2.05, 4.69) is 0 Å². The van der Waals surface area contributed by atoms with E-state index in [1.165, 1.54) is 12.1 Å². The van der Waals surface area contributed by atoms with Crippen LogP contribution in [-0.4, -0.2) is 60.6 Å². The third-order valence-electron chi connectivity index (χ3n) is 4.01. The quantitative estimate of drug-likeness (QED) is 0.905. The Balaban J connectivity index is 2.14. The first-order valence-corrected chi connectivity index (χ1v) is 6.85. The van der Waals surface area contributed by atoms with Gasteiger partial charge in [0.05, 0.1) is 5.56 Å². The summed E-state index contributed by atoms with van der Waals surface area (Å²) in [5.41, 5.74) is 0.118. The normalized spacial score (nSPS) is 23.1. The third kappa shape index (κ3) is 2.99. The molecular weight excluding hydrogens is 259 g/mol. The molecule has 1 fully saturated rings. The Bertz CT molecular complexity index is 479. The van der Waals surface area contributed by atoms with Crippen molar-refractivity contribution in [1.82, 2.24) is 9.80 Å². The fraction of sp³-hybridized carbons (Fsp3) is 0.533. The van der Waals surface area contributed by atoms with Gasteiger partial charge in [0.25, 0.3) is 5.91 Å². The van der Waals surface area contributed by atoms with E-state index in [1.807, 2.05) is 19.0 Å². The molecule has 1 aromatic carbocycles. The predicted molar refractivity (Wildman–Crippen MR) is 75.0 cm³/mol. The number of benzene rings is 1. The van der Waals surface area contributed by atoms with Crippen LogP contribution in [0.5, 0.6) is 0 Å². The number of piperidine rings is 1. The van der Waals surface area contributed by atoms with Gasteiger partial charge in [-0.05, 0) is 32.6 Å². The minimum absolute atomic E-state index is 0.101. The van der Waals surface area contributed by atoms with E-state index in [0.717, 1.165) is 6.42 Å². The van der Waals surface area contributed by atoms with Crippen LogP contribution in [0.4, 0.5) is 4.39 Å². The van der Waals surface area contributed by atoms with Crippen LogP contribution in [0, 0.1) is 11.7 Å². The molecule has 1 amide bonds. The van der Waals surface area contributed by atoms with Crippen LogP contribution in [0.25, 0.3) is 0 Å². The zero-order valence-corrected chi connectivity index (χ0v) is 11.9. The highest BCUT2D eigenvalue weighted by atomic mass is 19.1. The molecule has 1 aliphatic rings. The summed E-state index contributed by atoms with van der Waals surface area (Å²) in [4.78, 5) is 16.1. The summed E-state index contributed by atoms with van der Waals surface area (Å²) in [6, 6.07) is 6.16. The minimum Gasteiger partial charge on any atom is -0.396 e. The molecule has 2 atom stereocenters. The van der Waals surface area contributed by atoms with Crippen LogP contribution in [-0.2, 0) is 0 Å². The molecule has 1 saturated heterocycles. The van der Waals surface area contributed by atoms with E-state index in [0.29, 0.717) is 13.1 Å². The largest absolute Gasteiger partial charge is 0.396 e. The number of rotatable bonds is 3. The molecule has 1 aromatic rings. The fourth-order valence-electron chi connectivity index (χ4n) is 2.77. The second-order valence-corrected chi connectivity index (χ2v) is 5.49. The number of amides is 1. The molecule has 20 heavy (non-hydrogen) atoms. The summed E-state index contributed by atoms with van der Waals surface area (Å²) in [7, 11) is 3.87. The summed E-state index contributed by atoms with van der Waals surface area (Å²) in [5, 5.41) is 9.41. The topological polar surface area (TPSA) is 43.8 Å². The number of likely N-dealkylation sites (N-methyl/N-ethyl adjacent to an activating group) is 1. The average Bonchev–Trinajstić information content (AvgIpc) is 2.46. The number of carbonyl (C=O) groups excluding carboxylic acids is 1. The molecule has 0 spiro atoms. The van der Waals surface area contributed by atoms with Crippen molar-refractivity contribution in [3.63, 3.8) is 0 Å². The van der Waals surface area contributed by atoms with Crippen LogP contribution in [0.2, 0.25) is 0 Å². The van der Waals surface area contributed by atoms with Crippen molar-refractivity contribution in [3.8, 4) is 0 Å². The summed E-state index contributed by atoms with van der Waals surface area (Å²) in [6.45, 7) is 1.19. The van der Waals surface area contributed by atoms with E-state index in [9.17, 15) is 14.3 Å². The number of hydrogen-bond donors (Lipinski definition) is 1. The molecule has 0 aliphatic carbocycles. The van der Waals surface area contributed by atoms with E-state index in [4.69, 9.17) is 0 Å². The molecule has 110 valence electrons. The molecule has 0 bridgehead atoms. The zero-order valence-electron chi connectivity index (χ0n) is 11.9. The van der Waals surface area contributed by atoms with Crippen molar-refractivity contribution in [3.05, 3.63) is 35.6 Å². The van der Waals surface area contributed by atoms with Crippen molar-refractivity contribution >= 4 is 5.91 Å². The first-order chi connectivity index (χ1) is 9.54. The van der Waals surface area contributed by atoms with Crippen LogP contribution in [0.1, 0.15) is 16.8 Å². The van der Waals surface area contributed by atoms with Crippen molar-refractivity contribution < 1.29 is 14.3 Å². The van der Waals surface area contributed by atoms with Crippen molar-refractivity contribution in [2.24, 2.45) is 5.92 Å². The smallest absolute Gasteiger partial charge is 0.256 e. The molecule has 2 rings (SSSR count). The van der Waals surface area contributed by atoms with Gasteiger partial charge in [0.2, 0.25) is 0 Å². The van der Waals surface area contributed by atoms with Gasteiger partial charge in [0.15, 0.2) is 0 Å². The Morgan fingerprint density at radius 2 is 2.15 bits per heavy atom. The van der Waals surface area contributed by atoms with Gasteiger partial charge in [-0.25, -0.2) is 4.39 Å². The number of nitrogens with zero attached hydrogens (tertiary/aromatic N) is 2. The summed E-state index contributed by atoms with van der Waals surface area (Å²) in [5.74, 6) is -0.593. The second kappa shape index (κ2) is 6.33. The van der Waals surface area contributed by atoms with Crippen LogP contribution < -0.4 is 0 Å². The number of halogens is 1. The first-order valence-electron chi connectivity index (χ1n) is 6.85. The standard InChI is InChI=1S/C15H21FN2O2/c1-17(2)14-9-18(8-7-11(14)10-19)15(20)12-5-3-4-6-13(12)16/h3-6,11,14,19H,7-10H2,1-2H3/t11-,14-/m1/s1. The monoisotopic (exact) mass is 280 g/mol. The summed E-state index contributed by atoms with van der Waals surface area (Å²) in [6.07, 6.45) is 0.736. The maximum Gasteiger partial charge on any atom is 0.256 e. The Kier molecular flexibility index (Phi) is 4.73. The van der Waals surface area contributed by atoms with Gasteiger partial charge in [0, 0.05) is 31.7 Å². The van der Waals surface area contributed by atoms with E-state index in [-0.39, 0.29) is 30.0 Å². The molecule has 1 aliphatic heterocycles. The molecule has 0 aromatic heterocycles. The third-order valence-corrected chi connectivity index (χ3v) is 4.01. The number of aliphatic hydroxyl groups is 1. The average molecular weight is 280 g/mol. The molecule has 0 unspecified atom stereocenters. The summed E-state index contributed by atoms with van der Waals surface area (Å²) >= 11 is 0. The molecule has 1 N–H and O–H groups in total. The Morgan fingerprint density at radius 1 is 1.45 bits per heavy atom. The number of hydrogen-bond acceptors (Lipinski definition) is 3. The van der Waals surface area contributed by atoms with Gasteiger partial charge >= 0.3 is 0 Å². The van der Waals surface area contributed by atoms with Crippen molar-refractivity contribution in [2.45, 2.75) is 12.5 Å². The van der Waals surface area contributed by atoms with Crippen LogP contribution in [0.3, 0.4) is 0 Å². The lowest BCUT2D eigenvalue weighted by molar-refractivity contribution is 0.0376. The number of aliphatic hydroxyl groups excluding tert-OH is 1. The van der Waals surface area contributed by atoms with Crippen molar-refractivity contribution in [2.75, 3.05) is 33.8 Å². The van der Waals surface area contributed by atoms with E-state index in [1.54, 1.807) is 17.0 Å². The van der Waals surface area contributed by atoms with Gasteiger partial charge in [-0.2, -0.15) is 0 Å². The highest BCUT2D eigenvalue weighted by Crippen LogP contribution is 2.22. The first kappa shape index (κ1) is 14.9. The highest BCUT2D eigenvalue weighted by Gasteiger charge is 2.33. The van der Waals surface area contributed by atoms with Gasteiger partial charge in [-0.15, -0.1) is 0 Å². The zero-order chi connectivity index (χ0) is 14.7. The summed E-state index contributed by atoms with van der Waals surface area (Å²) < 4.78 is 13.7. The van der Waals surface area contributed by atoms with E-state index < -0.39 is 5.82 Å². The van der Waals surface area contributed by atoms with Gasteiger partial charge in [0.1, 0.15) is 5.82 Å². The van der Waals surface area contributed by atoms with Gasteiger partial charge in [-0.3, -0.25) is 4.79 Å². The molecule has 0 saturated carbocycles. The Morgan fingerprint density at radius 3 is 2.75 bits per heavy atom. The molecule has 1 heterocycles. The maximum atomic E-state index is 13.7. The van der Waals surface area contributed by atoms with Gasteiger partial charge < -0.3 is 14.9 Å². The predicted octanol–water partition coefficient (Wildman–Crippen LogP) is 1.21. The molecule has 4 nitrogen and oxygen atoms in total. The second-order valence-electron chi connectivity index (χ2n) is 5.49. The van der Waals surface area contributed by atoms with E-state index >= 15 is 0 Å². The lowest BCUT2D eigenvalue weighted by Crippen LogP contribution is -2.53. The highest BCUT2D eigenvalue weighted by molar-refractivity contribution is 5.94. The fourth-order valence-corrected chi connectivity index (χ4v) is 2.77. The SMILES string of the molecule is CN(C)[C@@H]1CN(C(=O)c2ccccc2F)CC[C@@H]1CO. The molecular formula is C15H21FN2O2. The Hall–Kier alpha value is -1.46. The van der Waals surface area contributed by atoms with Gasteiger partial charge in [-0.1, -0.05) is 12.1 Å². The lowest BCUT2D eigenvalue weighted by atomic mass is 9.91. The number of carbonyl (C=O) groups is 1.